The Bertz CT molecular complexity index is 438. The van der Waals surface area contributed by atoms with Crippen molar-refractivity contribution < 1.29 is 4.79 Å². The van der Waals surface area contributed by atoms with Crippen LogP contribution in [0.25, 0.3) is 0 Å². The van der Waals surface area contributed by atoms with Gasteiger partial charge in [-0.2, -0.15) is 0 Å². The molecule has 3 N–H and O–H groups in total. The summed E-state index contributed by atoms with van der Waals surface area (Å²) in [5.74, 6) is -0.116. The number of amides is 1. The number of nitrogen functional groups attached to an aromatic ring is 1. The van der Waals surface area contributed by atoms with Crippen LogP contribution in [-0.4, -0.2) is 17.4 Å². The Balaban J connectivity index is 2.00. The van der Waals surface area contributed by atoms with Crippen LogP contribution in [0, 0.1) is 12.3 Å². The molecular formula is C13H19N3O. The normalized spacial score (nSPS) is 16.6. The maximum Gasteiger partial charge on any atom is 0.254 e. The zero-order valence-corrected chi connectivity index (χ0v) is 10.4. The van der Waals surface area contributed by atoms with Crippen LogP contribution in [0.2, 0.25) is 0 Å². The Morgan fingerprint density at radius 2 is 2.29 bits per heavy atom. The minimum absolute atomic E-state index is 0.116. The van der Waals surface area contributed by atoms with Crippen molar-refractivity contribution in [3.05, 3.63) is 23.5 Å². The summed E-state index contributed by atoms with van der Waals surface area (Å²) in [6.45, 7) is 4.77. The van der Waals surface area contributed by atoms with Gasteiger partial charge < -0.3 is 11.1 Å². The van der Waals surface area contributed by atoms with Crippen molar-refractivity contribution >= 4 is 11.6 Å². The first-order valence-electron chi connectivity index (χ1n) is 6.07. The SMILES string of the molecule is CCC1(CNC(=O)c2cnc(C)cc2N)CC1. The Morgan fingerprint density at radius 1 is 1.59 bits per heavy atom. The highest BCUT2D eigenvalue weighted by atomic mass is 16.1. The molecule has 17 heavy (non-hydrogen) atoms. The lowest BCUT2D eigenvalue weighted by molar-refractivity contribution is 0.0945. The van der Waals surface area contributed by atoms with E-state index in [1.807, 2.05) is 6.92 Å². The second kappa shape index (κ2) is 4.35. The van der Waals surface area contributed by atoms with Crippen LogP contribution in [0.4, 0.5) is 5.69 Å². The number of nitrogens with two attached hydrogens (primary N) is 1. The summed E-state index contributed by atoms with van der Waals surface area (Å²) in [7, 11) is 0. The van der Waals surface area contributed by atoms with Crippen molar-refractivity contribution in [2.45, 2.75) is 33.1 Å². The Kier molecular flexibility index (Phi) is 3.05. The van der Waals surface area contributed by atoms with E-state index in [2.05, 4.69) is 17.2 Å². The van der Waals surface area contributed by atoms with E-state index < -0.39 is 0 Å². The molecule has 0 aliphatic heterocycles. The number of rotatable bonds is 4. The van der Waals surface area contributed by atoms with E-state index in [0.29, 0.717) is 16.7 Å². The van der Waals surface area contributed by atoms with Gasteiger partial charge in [0.25, 0.3) is 5.91 Å². The largest absolute Gasteiger partial charge is 0.398 e. The quantitative estimate of drug-likeness (QED) is 0.834. The molecule has 1 heterocycles. The Hall–Kier alpha value is -1.58. The molecule has 92 valence electrons. The lowest BCUT2D eigenvalue weighted by Crippen LogP contribution is -2.30. The zero-order valence-electron chi connectivity index (χ0n) is 10.4. The molecule has 0 saturated heterocycles. The molecule has 0 aromatic carbocycles. The maximum absolute atomic E-state index is 11.9. The summed E-state index contributed by atoms with van der Waals surface area (Å²) >= 11 is 0. The van der Waals surface area contributed by atoms with Gasteiger partial charge in [0.05, 0.1) is 5.56 Å². The molecule has 1 aliphatic carbocycles. The van der Waals surface area contributed by atoms with Crippen LogP contribution >= 0.6 is 0 Å². The molecule has 4 heteroatoms. The Labute approximate surface area is 102 Å². The van der Waals surface area contributed by atoms with Crippen molar-refractivity contribution in [1.29, 1.82) is 0 Å². The van der Waals surface area contributed by atoms with E-state index in [1.165, 1.54) is 12.8 Å². The van der Waals surface area contributed by atoms with Crippen LogP contribution < -0.4 is 11.1 Å². The summed E-state index contributed by atoms with van der Waals surface area (Å²) in [6.07, 6.45) is 5.09. The van der Waals surface area contributed by atoms with E-state index in [4.69, 9.17) is 5.73 Å². The number of carbonyl (C=O) groups is 1. The molecule has 1 aromatic heterocycles. The van der Waals surface area contributed by atoms with E-state index in [0.717, 1.165) is 18.7 Å². The number of nitrogens with one attached hydrogen (secondary N) is 1. The summed E-state index contributed by atoms with van der Waals surface area (Å²) in [5, 5.41) is 2.95. The molecule has 2 rings (SSSR count). The molecule has 1 fully saturated rings. The Morgan fingerprint density at radius 3 is 2.82 bits per heavy atom. The number of hydrogen-bond donors (Lipinski definition) is 2. The molecule has 0 bridgehead atoms. The lowest BCUT2D eigenvalue weighted by atomic mass is 10.0. The fourth-order valence-corrected chi connectivity index (χ4v) is 1.97. The predicted molar refractivity (Wildman–Crippen MR) is 67.7 cm³/mol. The van der Waals surface area contributed by atoms with Gasteiger partial charge in [0.15, 0.2) is 0 Å². The number of aromatic nitrogens is 1. The molecule has 1 aromatic rings. The number of nitrogens with zero attached hydrogens (tertiary/aromatic N) is 1. The highest BCUT2D eigenvalue weighted by Crippen LogP contribution is 2.47. The van der Waals surface area contributed by atoms with Crippen molar-refractivity contribution in [3.63, 3.8) is 0 Å². The van der Waals surface area contributed by atoms with Crippen molar-refractivity contribution in [3.8, 4) is 0 Å². The molecule has 1 saturated carbocycles. The second-order valence-electron chi connectivity index (χ2n) is 4.95. The number of anilines is 1. The first-order chi connectivity index (χ1) is 8.06. The van der Waals surface area contributed by atoms with E-state index >= 15 is 0 Å². The van der Waals surface area contributed by atoms with Crippen LogP contribution in [-0.2, 0) is 0 Å². The summed E-state index contributed by atoms with van der Waals surface area (Å²) < 4.78 is 0. The number of aryl methyl sites for hydroxylation is 1. The van der Waals surface area contributed by atoms with E-state index in [-0.39, 0.29) is 5.91 Å². The smallest absolute Gasteiger partial charge is 0.254 e. The van der Waals surface area contributed by atoms with Gasteiger partial charge >= 0.3 is 0 Å². The van der Waals surface area contributed by atoms with Gasteiger partial charge in [-0.15, -0.1) is 0 Å². The molecule has 4 nitrogen and oxygen atoms in total. The van der Waals surface area contributed by atoms with Gasteiger partial charge in [-0.3, -0.25) is 9.78 Å². The molecule has 1 amide bonds. The highest BCUT2D eigenvalue weighted by molar-refractivity contribution is 5.98. The monoisotopic (exact) mass is 233 g/mol. The second-order valence-corrected chi connectivity index (χ2v) is 4.95. The molecule has 0 radical (unpaired) electrons. The van der Waals surface area contributed by atoms with Crippen LogP contribution in [0.1, 0.15) is 42.2 Å². The highest BCUT2D eigenvalue weighted by Gasteiger charge is 2.40. The first kappa shape index (κ1) is 11.9. The van der Waals surface area contributed by atoms with Gasteiger partial charge in [0.1, 0.15) is 0 Å². The van der Waals surface area contributed by atoms with Gasteiger partial charge in [0.2, 0.25) is 0 Å². The first-order valence-corrected chi connectivity index (χ1v) is 6.07. The van der Waals surface area contributed by atoms with Crippen molar-refractivity contribution in [2.24, 2.45) is 5.41 Å². The topological polar surface area (TPSA) is 68.0 Å². The average molecular weight is 233 g/mol. The van der Waals surface area contributed by atoms with E-state index in [1.54, 1.807) is 12.3 Å². The lowest BCUT2D eigenvalue weighted by Gasteiger charge is -2.14. The maximum atomic E-state index is 11.9. The summed E-state index contributed by atoms with van der Waals surface area (Å²) in [4.78, 5) is 16.0. The molecule has 0 atom stereocenters. The molecule has 1 aliphatic rings. The van der Waals surface area contributed by atoms with Crippen molar-refractivity contribution in [1.82, 2.24) is 10.3 Å². The van der Waals surface area contributed by atoms with Crippen LogP contribution in [0.5, 0.6) is 0 Å². The van der Waals surface area contributed by atoms with E-state index in [9.17, 15) is 4.79 Å². The summed E-state index contributed by atoms with van der Waals surface area (Å²) in [6, 6.07) is 1.72. The van der Waals surface area contributed by atoms with Gasteiger partial charge in [-0.05, 0) is 37.7 Å². The number of hydrogen-bond acceptors (Lipinski definition) is 3. The molecule has 0 unspecified atom stereocenters. The van der Waals surface area contributed by atoms with Crippen molar-refractivity contribution in [2.75, 3.05) is 12.3 Å². The summed E-state index contributed by atoms with van der Waals surface area (Å²) in [5.41, 5.74) is 7.96. The predicted octanol–water partition coefficient (Wildman–Crippen LogP) is 1.89. The van der Waals surface area contributed by atoms with Gasteiger partial charge in [-0.1, -0.05) is 6.92 Å². The number of carbonyl (C=O) groups excluding carboxylic acids is 1. The molecule has 0 spiro atoms. The van der Waals surface area contributed by atoms with Crippen LogP contribution in [0.15, 0.2) is 12.3 Å². The third kappa shape index (κ3) is 2.57. The van der Waals surface area contributed by atoms with Gasteiger partial charge in [0, 0.05) is 24.1 Å². The fourth-order valence-electron chi connectivity index (χ4n) is 1.97. The molecular weight excluding hydrogens is 214 g/mol. The zero-order chi connectivity index (χ0) is 12.5. The fraction of sp³-hybridized carbons (Fsp3) is 0.538. The minimum atomic E-state index is -0.116. The average Bonchev–Trinajstić information content (AvgIpc) is 3.07. The standard InChI is InChI=1S/C13H19N3O/c1-3-13(4-5-13)8-16-12(17)10-7-15-9(2)6-11(10)14/h6-7H,3-5,8H2,1-2H3,(H2,14,15)(H,16,17). The third-order valence-corrected chi connectivity index (χ3v) is 3.65. The van der Waals surface area contributed by atoms with Gasteiger partial charge in [-0.25, -0.2) is 0 Å². The third-order valence-electron chi connectivity index (χ3n) is 3.65. The minimum Gasteiger partial charge on any atom is -0.398 e. The number of pyridine rings is 1. The van der Waals surface area contributed by atoms with Crippen LogP contribution in [0.3, 0.4) is 0 Å².